The van der Waals surface area contributed by atoms with Crippen molar-refractivity contribution < 1.29 is 0 Å². The van der Waals surface area contributed by atoms with Gasteiger partial charge in [0.15, 0.2) is 0 Å². The van der Waals surface area contributed by atoms with Crippen molar-refractivity contribution in [1.82, 2.24) is 5.32 Å². The lowest BCUT2D eigenvalue weighted by molar-refractivity contribution is -0.0706. The predicted molar refractivity (Wildman–Crippen MR) is 88.1 cm³/mol. The molecule has 0 unspecified atom stereocenters. The minimum Gasteiger partial charge on any atom is -0.310 e. The van der Waals surface area contributed by atoms with Crippen LogP contribution in [0.3, 0.4) is 0 Å². The van der Waals surface area contributed by atoms with Gasteiger partial charge in [0, 0.05) is 12.6 Å². The van der Waals surface area contributed by atoms with Crippen molar-refractivity contribution in [3.63, 3.8) is 0 Å². The molecule has 21 heavy (non-hydrogen) atoms. The van der Waals surface area contributed by atoms with Crippen LogP contribution in [0, 0.1) is 30.1 Å². The molecule has 1 aromatic rings. The third-order valence-corrected chi connectivity index (χ3v) is 6.74. The van der Waals surface area contributed by atoms with Gasteiger partial charge in [0.2, 0.25) is 0 Å². The Morgan fingerprint density at radius 2 is 1.52 bits per heavy atom. The number of aryl methyl sites for hydroxylation is 1. The zero-order valence-corrected chi connectivity index (χ0v) is 13.6. The summed E-state index contributed by atoms with van der Waals surface area (Å²) < 4.78 is 0. The fraction of sp³-hybridized carbons (Fsp3) is 0.700. The monoisotopic (exact) mass is 283 g/mol. The molecule has 5 rings (SSSR count). The van der Waals surface area contributed by atoms with Crippen LogP contribution in [-0.4, -0.2) is 6.04 Å². The van der Waals surface area contributed by atoms with Gasteiger partial charge < -0.3 is 5.32 Å². The van der Waals surface area contributed by atoms with E-state index < -0.39 is 0 Å². The summed E-state index contributed by atoms with van der Waals surface area (Å²) >= 11 is 0. The Balaban J connectivity index is 1.42. The van der Waals surface area contributed by atoms with Gasteiger partial charge in [0.25, 0.3) is 0 Å². The number of hydrogen-bond acceptors (Lipinski definition) is 1. The molecule has 1 nitrogen and oxygen atoms in total. The van der Waals surface area contributed by atoms with E-state index in [1.165, 1.54) is 30.4 Å². The lowest BCUT2D eigenvalue weighted by Gasteiger charge is -2.59. The van der Waals surface area contributed by atoms with E-state index >= 15 is 0 Å². The molecule has 1 aromatic carbocycles. The van der Waals surface area contributed by atoms with Crippen LogP contribution in [0.5, 0.6) is 0 Å². The summed E-state index contributed by atoms with van der Waals surface area (Å²) in [5.74, 6) is 3.17. The Morgan fingerprint density at radius 1 is 1.00 bits per heavy atom. The molecular formula is C20H29N. The largest absolute Gasteiger partial charge is 0.310 e. The van der Waals surface area contributed by atoms with E-state index in [2.05, 4.69) is 43.4 Å². The van der Waals surface area contributed by atoms with Crippen molar-refractivity contribution in [2.75, 3.05) is 0 Å². The Labute approximate surface area is 129 Å². The number of hydrogen-bond donors (Lipinski definition) is 1. The van der Waals surface area contributed by atoms with Gasteiger partial charge in [-0.25, -0.2) is 0 Å². The molecule has 0 radical (unpaired) electrons. The predicted octanol–water partition coefficient (Wildman–Crippen LogP) is 4.69. The number of nitrogens with one attached hydrogen (secondary N) is 1. The second kappa shape index (κ2) is 5.12. The summed E-state index contributed by atoms with van der Waals surface area (Å²) in [4.78, 5) is 0. The molecule has 1 N–H and O–H groups in total. The Hall–Kier alpha value is -0.820. The SMILES string of the molecule is Cc1ccc(CN[C@@H](C)C23CC4CC(CC(C4)C2)C3)cc1. The van der Waals surface area contributed by atoms with Crippen molar-refractivity contribution in [3.8, 4) is 0 Å². The topological polar surface area (TPSA) is 12.0 Å². The second-order valence-corrected chi connectivity index (χ2v) is 8.37. The van der Waals surface area contributed by atoms with Crippen LogP contribution in [-0.2, 0) is 6.54 Å². The highest BCUT2D eigenvalue weighted by molar-refractivity contribution is 5.21. The summed E-state index contributed by atoms with van der Waals surface area (Å²) in [5.41, 5.74) is 3.41. The van der Waals surface area contributed by atoms with E-state index in [1.54, 1.807) is 19.3 Å². The highest BCUT2D eigenvalue weighted by Gasteiger charge is 2.52. The van der Waals surface area contributed by atoms with Gasteiger partial charge in [-0.1, -0.05) is 29.8 Å². The molecule has 1 atom stereocenters. The molecule has 4 aliphatic carbocycles. The molecule has 4 saturated carbocycles. The third kappa shape index (κ3) is 2.54. The summed E-state index contributed by atoms with van der Waals surface area (Å²) in [5, 5.41) is 3.88. The van der Waals surface area contributed by atoms with E-state index in [-0.39, 0.29) is 0 Å². The molecule has 4 aliphatic rings. The molecular weight excluding hydrogens is 254 g/mol. The summed E-state index contributed by atoms with van der Waals surface area (Å²) in [6.45, 7) is 5.65. The molecule has 0 heterocycles. The van der Waals surface area contributed by atoms with Gasteiger partial charge in [0.1, 0.15) is 0 Å². The maximum atomic E-state index is 3.88. The molecule has 0 saturated heterocycles. The second-order valence-electron chi connectivity index (χ2n) is 8.37. The van der Waals surface area contributed by atoms with Crippen molar-refractivity contribution in [3.05, 3.63) is 35.4 Å². The van der Waals surface area contributed by atoms with Crippen molar-refractivity contribution >= 4 is 0 Å². The first kappa shape index (κ1) is 13.8. The zero-order valence-electron chi connectivity index (χ0n) is 13.6. The zero-order chi connectivity index (χ0) is 14.4. The summed E-state index contributed by atoms with van der Waals surface area (Å²) in [6.07, 6.45) is 9.14. The van der Waals surface area contributed by atoms with E-state index in [1.807, 2.05) is 0 Å². The van der Waals surface area contributed by atoms with Crippen LogP contribution in [0.2, 0.25) is 0 Å². The van der Waals surface area contributed by atoms with Crippen LogP contribution in [0.25, 0.3) is 0 Å². The van der Waals surface area contributed by atoms with E-state index in [0.717, 1.165) is 24.3 Å². The Morgan fingerprint density at radius 3 is 2.05 bits per heavy atom. The number of benzene rings is 1. The van der Waals surface area contributed by atoms with Crippen LogP contribution in [0.15, 0.2) is 24.3 Å². The molecule has 0 spiro atoms. The molecule has 4 fully saturated rings. The molecule has 1 heteroatoms. The Bertz CT molecular complexity index is 466. The fourth-order valence-corrected chi connectivity index (χ4v) is 5.90. The number of rotatable bonds is 4. The lowest BCUT2D eigenvalue weighted by atomic mass is 9.48. The smallest absolute Gasteiger partial charge is 0.0208 e. The first-order valence-corrected chi connectivity index (χ1v) is 8.92. The summed E-state index contributed by atoms with van der Waals surface area (Å²) in [7, 11) is 0. The average Bonchev–Trinajstić information content (AvgIpc) is 2.45. The third-order valence-electron chi connectivity index (χ3n) is 6.74. The standard InChI is InChI=1S/C20H29N/c1-14-3-5-16(6-4-14)13-21-15(2)20-10-17-7-18(11-20)9-19(8-17)12-20/h3-6,15,17-19,21H,7-13H2,1-2H3/t15-,17?,18?,19?,20?/m0/s1. The first-order valence-electron chi connectivity index (χ1n) is 8.92. The lowest BCUT2D eigenvalue weighted by Crippen LogP contribution is -2.54. The van der Waals surface area contributed by atoms with Gasteiger partial charge >= 0.3 is 0 Å². The van der Waals surface area contributed by atoms with Crippen LogP contribution >= 0.6 is 0 Å². The summed E-state index contributed by atoms with van der Waals surface area (Å²) in [6, 6.07) is 9.68. The minimum absolute atomic E-state index is 0.624. The van der Waals surface area contributed by atoms with Crippen molar-refractivity contribution in [1.29, 1.82) is 0 Å². The van der Waals surface area contributed by atoms with Gasteiger partial charge in [-0.15, -0.1) is 0 Å². The van der Waals surface area contributed by atoms with Gasteiger partial charge in [-0.3, -0.25) is 0 Å². The molecule has 0 aromatic heterocycles. The van der Waals surface area contributed by atoms with E-state index in [4.69, 9.17) is 0 Å². The normalized spacial score (nSPS) is 38.7. The van der Waals surface area contributed by atoms with Crippen LogP contribution in [0.1, 0.15) is 56.6 Å². The highest BCUT2D eigenvalue weighted by atomic mass is 14.9. The van der Waals surface area contributed by atoms with Gasteiger partial charge in [0.05, 0.1) is 0 Å². The van der Waals surface area contributed by atoms with Gasteiger partial charge in [-0.05, 0) is 81.1 Å². The maximum absolute atomic E-state index is 3.88. The van der Waals surface area contributed by atoms with Crippen molar-refractivity contribution in [2.45, 2.75) is 65.0 Å². The average molecular weight is 283 g/mol. The van der Waals surface area contributed by atoms with E-state index in [9.17, 15) is 0 Å². The highest BCUT2D eigenvalue weighted by Crippen LogP contribution is 2.61. The quantitative estimate of drug-likeness (QED) is 0.845. The van der Waals surface area contributed by atoms with Crippen LogP contribution in [0.4, 0.5) is 0 Å². The Kier molecular flexibility index (Phi) is 3.37. The molecule has 114 valence electrons. The molecule has 0 amide bonds. The van der Waals surface area contributed by atoms with Crippen molar-refractivity contribution in [2.24, 2.45) is 23.2 Å². The maximum Gasteiger partial charge on any atom is 0.0208 e. The molecule has 0 aliphatic heterocycles. The first-order chi connectivity index (χ1) is 10.1. The molecule has 4 bridgehead atoms. The van der Waals surface area contributed by atoms with Gasteiger partial charge in [-0.2, -0.15) is 0 Å². The minimum atomic E-state index is 0.624. The van der Waals surface area contributed by atoms with Crippen LogP contribution < -0.4 is 5.32 Å². The van der Waals surface area contributed by atoms with E-state index in [0.29, 0.717) is 11.5 Å². The fourth-order valence-electron chi connectivity index (χ4n) is 5.90.